The van der Waals surface area contributed by atoms with Crippen LogP contribution < -0.4 is 5.43 Å². The zero-order valence-electron chi connectivity index (χ0n) is 11.7. The summed E-state index contributed by atoms with van der Waals surface area (Å²) in [5, 5.41) is 11.2. The van der Waals surface area contributed by atoms with Crippen LogP contribution >= 0.6 is 23.4 Å². The lowest BCUT2D eigenvalue weighted by atomic mass is 10.1. The van der Waals surface area contributed by atoms with E-state index in [1.807, 2.05) is 41.2 Å². The van der Waals surface area contributed by atoms with Gasteiger partial charge in [-0.2, -0.15) is 5.26 Å². The van der Waals surface area contributed by atoms with E-state index in [2.05, 4.69) is 0 Å². The molecule has 0 aliphatic carbocycles. The molecule has 0 atom stereocenters. The maximum atomic E-state index is 12.5. The highest BCUT2D eigenvalue weighted by molar-refractivity contribution is 7.98. The molecule has 0 aliphatic heterocycles. The van der Waals surface area contributed by atoms with Crippen molar-refractivity contribution in [3.63, 3.8) is 0 Å². The van der Waals surface area contributed by atoms with Gasteiger partial charge in [-0.05, 0) is 42.7 Å². The van der Waals surface area contributed by atoms with Crippen LogP contribution in [0.3, 0.4) is 0 Å². The van der Waals surface area contributed by atoms with Gasteiger partial charge in [-0.3, -0.25) is 4.79 Å². The summed E-state index contributed by atoms with van der Waals surface area (Å²) >= 11 is 7.34. The zero-order valence-corrected chi connectivity index (χ0v) is 13.3. The van der Waals surface area contributed by atoms with Crippen LogP contribution in [0, 0.1) is 11.3 Å². The summed E-state index contributed by atoms with van der Waals surface area (Å²) in [5.41, 5.74) is 1.58. The van der Waals surface area contributed by atoms with Crippen molar-refractivity contribution >= 4 is 34.3 Å². The van der Waals surface area contributed by atoms with Crippen LogP contribution in [0.15, 0.2) is 58.4 Å². The molecule has 108 valence electrons. The molecule has 1 aromatic heterocycles. The topological polar surface area (TPSA) is 45.8 Å². The SMILES string of the molecule is CSc1c(C#N)c(=O)c2ccccc2n1-c1ccc(Cl)cc1. The summed E-state index contributed by atoms with van der Waals surface area (Å²) in [5.74, 6) is 0. The van der Waals surface area contributed by atoms with E-state index in [0.717, 1.165) is 11.2 Å². The molecular formula is C17H11ClN2OS. The Balaban J connectivity index is 2.52. The van der Waals surface area contributed by atoms with Crippen molar-refractivity contribution < 1.29 is 0 Å². The molecule has 0 N–H and O–H groups in total. The Bertz CT molecular complexity index is 955. The van der Waals surface area contributed by atoms with Crippen molar-refractivity contribution in [2.75, 3.05) is 6.26 Å². The number of hydrogen-bond donors (Lipinski definition) is 0. The fraction of sp³-hybridized carbons (Fsp3) is 0.0588. The second-order valence-electron chi connectivity index (χ2n) is 4.65. The molecular weight excluding hydrogens is 316 g/mol. The van der Waals surface area contributed by atoms with E-state index in [1.165, 1.54) is 11.8 Å². The molecule has 1 heterocycles. The smallest absolute Gasteiger partial charge is 0.208 e. The van der Waals surface area contributed by atoms with Gasteiger partial charge >= 0.3 is 0 Å². The van der Waals surface area contributed by atoms with E-state index in [0.29, 0.717) is 15.4 Å². The zero-order chi connectivity index (χ0) is 15.7. The molecule has 3 rings (SSSR count). The third-order valence-electron chi connectivity index (χ3n) is 3.42. The molecule has 2 aromatic carbocycles. The fourth-order valence-corrected chi connectivity index (χ4v) is 3.31. The number of benzene rings is 2. The molecule has 0 saturated carbocycles. The lowest BCUT2D eigenvalue weighted by Crippen LogP contribution is -2.15. The van der Waals surface area contributed by atoms with Crippen LogP contribution in [0.25, 0.3) is 16.6 Å². The van der Waals surface area contributed by atoms with E-state index >= 15 is 0 Å². The van der Waals surface area contributed by atoms with Gasteiger partial charge in [0.25, 0.3) is 0 Å². The van der Waals surface area contributed by atoms with Crippen LogP contribution in [0.4, 0.5) is 0 Å². The fourth-order valence-electron chi connectivity index (χ4n) is 2.45. The highest BCUT2D eigenvalue weighted by Crippen LogP contribution is 2.28. The number of halogens is 1. The predicted molar refractivity (Wildman–Crippen MR) is 91.1 cm³/mol. The van der Waals surface area contributed by atoms with Gasteiger partial charge in [-0.1, -0.05) is 23.7 Å². The molecule has 3 nitrogen and oxygen atoms in total. The molecule has 0 bridgehead atoms. The van der Waals surface area contributed by atoms with E-state index < -0.39 is 0 Å². The maximum Gasteiger partial charge on any atom is 0.208 e. The molecule has 22 heavy (non-hydrogen) atoms. The molecule has 0 amide bonds. The molecule has 0 unspecified atom stereocenters. The largest absolute Gasteiger partial charge is 0.303 e. The predicted octanol–water partition coefficient (Wildman–Crippen LogP) is 4.24. The summed E-state index contributed by atoms with van der Waals surface area (Å²) < 4.78 is 1.93. The Kier molecular flexibility index (Phi) is 3.93. The minimum atomic E-state index is -0.229. The molecule has 0 aliphatic rings. The van der Waals surface area contributed by atoms with E-state index in [9.17, 15) is 10.1 Å². The Labute approximate surface area is 136 Å². The number of thioether (sulfide) groups is 1. The molecule has 0 radical (unpaired) electrons. The Morgan fingerprint density at radius 3 is 2.45 bits per heavy atom. The van der Waals surface area contributed by atoms with Gasteiger partial charge in [-0.15, -0.1) is 11.8 Å². The van der Waals surface area contributed by atoms with Crippen LogP contribution in [-0.2, 0) is 0 Å². The van der Waals surface area contributed by atoms with Crippen molar-refractivity contribution in [2.45, 2.75) is 5.03 Å². The summed E-state index contributed by atoms with van der Waals surface area (Å²) in [4.78, 5) is 12.5. The first-order valence-corrected chi connectivity index (χ1v) is 8.15. The third kappa shape index (κ3) is 2.29. The Morgan fingerprint density at radius 1 is 1.14 bits per heavy atom. The average Bonchev–Trinajstić information content (AvgIpc) is 2.56. The Hall–Kier alpha value is -2.22. The third-order valence-corrected chi connectivity index (χ3v) is 4.45. The molecule has 5 heteroatoms. The highest BCUT2D eigenvalue weighted by atomic mass is 35.5. The van der Waals surface area contributed by atoms with Gasteiger partial charge in [0.1, 0.15) is 16.7 Å². The van der Waals surface area contributed by atoms with Gasteiger partial charge in [-0.25, -0.2) is 0 Å². The first-order chi connectivity index (χ1) is 10.7. The number of rotatable bonds is 2. The lowest BCUT2D eigenvalue weighted by molar-refractivity contribution is 0.950. The summed E-state index contributed by atoms with van der Waals surface area (Å²) in [7, 11) is 0. The van der Waals surface area contributed by atoms with Crippen molar-refractivity contribution in [3.8, 4) is 11.8 Å². The molecule has 0 spiro atoms. The molecule has 0 saturated heterocycles. The first kappa shape index (κ1) is 14.7. The number of fused-ring (bicyclic) bond motifs is 1. The molecule has 0 fully saturated rings. The lowest BCUT2D eigenvalue weighted by Gasteiger charge is -2.17. The highest BCUT2D eigenvalue weighted by Gasteiger charge is 2.17. The Morgan fingerprint density at radius 2 is 1.82 bits per heavy atom. The van der Waals surface area contributed by atoms with Crippen molar-refractivity contribution in [2.24, 2.45) is 0 Å². The van der Waals surface area contributed by atoms with Crippen LogP contribution in [0.1, 0.15) is 5.56 Å². The molecule has 3 aromatic rings. The maximum absolute atomic E-state index is 12.5. The standard InChI is InChI=1S/C17H11ClN2OS/c1-22-17-14(10-19)16(21)13-4-2-3-5-15(13)20(17)12-8-6-11(18)7-9-12/h2-9H,1H3. The van der Waals surface area contributed by atoms with E-state index in [4.69, 9.17) is 11.6 Å². The van der Waals surface area contributed by atoms with Crippen LogP contribution in [0.5, 0.6) is 0 Å². The first-order valence-electron chi connectivity index (χ1n) is 6.55. The van der Waals surface area contributed by atoms with Gasteiger partial charge < -0.3 is 4.57 Å². The van der Waals surface area contributed by atoms with Crippen LogP contribution in [0.2, 0.25) is 5.02 Å². The van der Waals surface area contributed by atoms with Gasteiger partial charge in [0.2, 0.25) is 5.43 Å². The number of para-hydroxylation sites is 1. The number of hydrogen-bond acceptors (Lipinski definition) is 3. The second kappa shape index (κ2) is 5.88. The van der Waals surface area contributed by atoms with E-state index in [1.54, 1.807) is 24.3 Å². The quantitative estimate of drug-likeness (QED) is 0.662. The minimum Gasteiger partial charge on any atom is -0.303 e. The normalized spacial score (nSPS) is 10.6. The van der Waals surface area contributed by atoms with Crippen molar-refractivity contribution in [1.29, 1.82) is 5.26 Å². The number of nitriles is 1. The van der Waals surface area contributed by atoms with Gasteiger partial charge in [0.15, 0.2) is 0 Å². The van der Waals surface area contributed by atoms with Crippen molar-refractivity contribution in [3.05, 3.63) is 69.3 Å². The summed E-state index contributed by atoms with van der Waals surface area (Å²) in [6.45, 7) is 0. The van der Waals surface area contributed by atoms with Crippen molar-refractivity contribution in [1.82, 2.24) is 4.57 Å². The second-order valence-corrected chi connectivity index (χ2v) is 5.89. The number of aromatic nitrogens is 1. The van der Waals surface area contributed by atoms with E-state index in [-0.39, 0.29) is 11.0 Å². The van der Waals surface area contributed by atoms with Gasteiger partial charge in [0.05, 0.1) is 5.52 Å². The number of nitrogens with zero attached hydrogens (tertiary/aromatic N) is 2. The van der Waals surface area contributed by atoms with Gasteiger partial charge in [0, 0.05) is 16.1 Å². The van der Waals surface area contributed by atoms with Crippen LogP contribution in [-0.4, -0.2) is 10.8 Å². The number of pyridine rings is 1. The minimum absolute atomic E-state index is 0.168. The summed E-state index contributed by atoms with van der Waals surface area (Å²) in [6, 6.07) is 16.7. The monoisotopic (exact) mass is 326 g/mol. The summed E-state index contributed by atoms with van der Waals surface area (Å²) in [6.07, 6.45) is 1.86. The average molecular weight is 327 g/mol.